The van der Waals surface area contributed by atoms with Gasteiger partial charge in [0.25, 0.3) is 0 Å². The van der Waals surface area contributed by atoms with Gasteiger partial charge >= 0.3 is 0 Å². The number of carbonyl (C=O) groups excluding carboxylic acids is 2. The molecule has 30 heavy (non-hydrogen) atoms. The van der Waals surface area contributed by atoms with Crippen LogP contribution in [-0.2, 0) is 9.59 Å². The van der Waals surface area contributed by atoms with E-state index in [2.05, 4.69) is 20.1 Å². The molecule has 0 aromatic carbocycles. The van der Waals surface area contributed by atoms with E-state index in [9.17, 15) is 9.59 Å². The van der Waals surface area contributed by atoms with E-state index < -0.39 is 0 Å². The third-order valence-corrected chi connectivity index (χ3v) is 7.43. The maximum atomic E-state index is 12.4. The zero-order valence-electron chi connectivity index (χ0n) is 17.7. The molecule has 8 heteroatoms. The number of anilines is 1. The molecular weight excluding hydrogens is 398 g/mol. The lowest BCUT2D eigenvalue weighted by molar-refractivity contribution is -0.123. The van der Waals surface area contributed by atoms with Gasteiger partial charge < -0.3 is 10.2 Å². The van der Waals surface area contributed by atoms with Gasteiger partial charge in [0.15, 0.2) is 0 Å². The zero-order valence-corrected chi connectivity index (χ0v) is 18.5. The number of thioether (sulfide) groups is 1. The highest BCUT2D eigenvalue weighted by molar-refractivity contribution is 8.00. The number of amides is 2. The van der Waals surface area contributed by atoms with Gasteiger partial charge in [0.2, 0.25) is 11.8 Å². The van der Waals surface area contributed by atoms with Crippen molar-refractivity contribution in [2.45, 2.75) is 49.6 Å². The van der Waals surface area contributed by atoms with Crippen LogP contribution >= 0.6 is 11.8 Å². The fraction of sp³-hybridized carbons (Fsp3) is 0.682. The van der Waals surface area contributed by atoms with Gasteiger partial charge in [0.05, 0.1) is 11.4 Å². The smallest absolute Gasteiger partial charge is 0.240 e. The highest BCUT2D eigenvalue weighted by atomic mass is 32.2. The minimum Gasteiger partial charge on any atom is -0.355 e. The van der Waals surface area contributed by atoms with Gasteiger partial charge in [-0.2, -0.15) is 0 Å². The molecule has 1 aromatic rings. The van der Waals surface area contributed by atoms with Crippen molar-refractivity contribution in [3.8, 4) is 0 Å². The van der Waals surface area contributed by atoms with Crippen molar-refractivity contribution in [2.75, 3.05) is 56.5 Å². The van der Waals surface area contributed by atoms with Crippen LogP contribution in [0.15, 0.2) is 23.4 Å². The molecule has 1 saturated heterocycles. The van der Waals surface area contributed by atoms with Gasteiger partial charge in [-0.3, -0.25) is 19.4 Å². The summed E-state index contributed by atoms with van der Waals surface area (Å²) in [6, 6.07) is 4.47. The Bertz CT molecular complexity index is 732. The molecule has 0 radical (unpaired) electrons. The second kappa shape index (κ2) is 10.6. The molecule has 1 aliphatic carbocycles. The minimum absolute atomic E-state index is 0.0357. The molecule has 4 rings (SSSR count). The molecule has 3 aliphatic rings. The van der Waals surface area contributed by atoms with Crippen molar-refractivity contribution in [3.63, 3.8) is 0 Å². The lowest BCUT2D eigenvalue weighted by Gasteiger charge is -2.40. The van der Waals surface area contributed by atoms with Crippen LogP contribution in [0.2, 0.25) is 0 Å². The number of piperazine rings is 1. The minimum atomic E-state index is -0.104. The predicted molar refractivity (Wildman–Crippen MR) is 120 cm³/mol. The Morgan fingerprint density at radius 2 is 1.97 bits per heavy atom. The van der Waals surface area contributed by atoms with Crippen LogP contribution in [0.3, 0.4) is 0 Å². The normalized spacial score (nSPS) is 21.5. The molecule has 0 spiro atoms. The van der Waals surface area contributed by atoms with Crippen LogP contribution in [0.5, 0.6) is 0 Å². The highest BCUT2D eigenvalue weighted by Crippen LogP contribution is 2.32. The van der Waals surface area contributed by atoms with Crippen LogP contribution in [-0.4, -0.2) is 84.2 Å². The second-order valence-corrected chi connectivity index (χ2v) is 9.43. The molecule has 2 fully saturated rings. The van der Waals surface area contributed by atoms with Gasteiger partial charge in [0.1, 0.15) is 11.6 Å². The first kappa shape index (κ1) is 21.6. The standard InChI is InChI=1S/C22H33N5O2S/c28-20(16-27-19-8-4-9-24-22(19)30-17-21(27)29)23-10-5-11-25-12-14-26(15-13-25)18-6-2-1-3-7-18/h4,8-9,18H,1-3,5-7,10-17H2,(H,23,28). The maximum Gasteiger partial charge on any atom is 0.240 e. The fourth-order valence-corrected chi connectivity index (χ4v) is 5.62. The first-order valence-electron chi connectivity index (χ1n) is 11.3. The molecule has 2 amide bonds. The van der Waals surface area contributed by atoms with Crippen molar-refractivity contribution in [2.24, 2.45) is 0 Å². The fourth-order valence-electron chi connectivity index (χ4n) is 4.74. The first-order chi connectivity index (χ1) is 14.7. The maximum absolute atomic E-state index is 12.4. The third kappa shape index (κ3) is 5.53. The number of pyridine rings is 1. The van der Waals surface area contributed by atoms with Gasteiger partial charge in [-0.15, -0.1) is 0 Å². The monoisotopic (exact) mass is 431 g/mol. The van der Waals surface area contributed by atoms with Gasteiger partial charge in [-0.25, -0.2) is 4.98 Å². The Balaban J connectivity index is 1.14. The third-order valence-electron chi connectivity index (χ3n) is 6.45. The molecule has 1 N–H and O–H groups in total. The molecule has 0 unspecified atom stereocenters. The Labute approximate surface area is 183 Å². The Morgan fingerprint density at radius 1 is 1.17 bits per heavy atom. The topological polar surface area (TPSA) is 68.8 Å². The SMILES string of the molecule is O=C(CN1C(=O)CSc2ncccc21)NCCCN1CCN(C2CCCCC2)CC1. The van der Waals surface area contributed by atoms with Crippen molar-refractivity contribution in [1.82, 2.24) is 20.1 Å². The largest absolute Gasteiger partial charge is 0.355 e. The number of hydrogen-bond acceptors (Lipinski definition) is 6. The van der Waals surface area contributed by atoms with E-state index in [1.165, 1.54) is 57.0 Å². The quantitative estimate of drug-likeness (QED) is 0.666. The van der Waals surface area contributed by atoms with E-state index in [1.807, 2.05) is 6.07 Å². The zero-order chi connectivity index (χ0) is 20.8. The van der Waals surface area contributed by atoms with Gasteiger partial charge in [-0.1, -0.05) is 31.0 Å². The number of rotatable bonds is 7. The van der Waals surface area contributed by atoms with Crippen molar-refractivity contribution < 1.29 is 9.59 Å². The van der Waals surface area contributed by atoms with Crippen molar-refractivity contribution >= 4 is 29.3 Å². The van der Waals surface area contributed by atoms with Gasteiger partial charge in [0, 0.05) is 45.0 Å². The number of hydrogen-bond donors (Lipinski definition) is 1. The summed E-state index contributed by atoms with van der Waals surface area (Å²) in [7, 11) is 0. The number of aromatic nitrogens is 1. The molecule has 1 aromatic heterocycles. The lowest BCUT2D eigenvalue weighted by atomic mass is 9.94. The summed E-state index contributed by atoms with van der Waals surface area (Å²) >= 11 is 1.43. The summed E-state index contributed by atoms with van der Waals surface area (Å²) in [6.07, 6.45) is 9.63. The molecular formula is C22H33N5O2S. The van der Waals surface area contributed by atoms with Crippen LogP contribution in [0.4, 0.5) is 5.69 Å². The van der Waals surface area contributed by atoms with Crippen molar-refractivity contribution in [1.29, 1.82) is 0 Å². The van der Waals surface area contributed by atoms with Crippen LogP contribution in [0.1, 0.15) is 38.5 Å². The van der Waals surface area contributed by atoms with E-state index in [1.54, 1.807) is 17.2 Å². The second-order valence-electron chi connectivity index (χ2n) is 8.47. The molecule has 0 atom stereocenters. The average Bonchev–Trinajstić information content (AvgIpc) is 2.80. The van der Waals surface area contributed by atoms with E-state index >= 15 is 0 Å². The van der Waals surface area contributed by atoms with E-state index in [4.69, 9.17) is 0 Å². The number of fused-ring (bicyclic) bond motifs is 1. The Kier molecular flexibility index (Phi) is 7.62. The molecule has 7 nitrogen and oxygen atoms in total. The summed E-state index contributed by atoms with van der Waals surface area (Å²) in [4.78, 5) is 35.7. The van der Waals surface area contributed by atoms with Crippen molar-refractivity contribution in [3.05, 3.63) is 18.3 Å². The molecule has 1 saturated carbocycles. The number of nitrogens with one attached hydrogen (secondary N) is 1. The summed E-state index contributed by atoms with van der Waals surface area (Å²) in [5.74, 6) is 0.197. The molecule has 3 heterocycles. The summed E-state index contributed by atoms with van der Waals surface area (Å²) in [5, 5.41) is 3.80. The number of carbonyl (C=O) groups is 2. The average molecular weight is 432 g/mol. The van der Waals surface area contributed by atoms with E-state index in [0.29, 0.717) is 12.3 Å². The van der Waals surface area contributed by atoms with E-state index in [-0.39, 0.29) is 18.4 Å². The summed E-state index contributed by atoms with van der Waals surface area (Å²) in [6.45, 7) is 6.36. The molecule has 2 aliphatic heterocycles. The number of nitrogens with zero attached hydrogens (tertiary/aromatic N) is 4. The Morgan fingerprint density at radius 3 is 2.77 bits per heavy atom. The van der Waals surface area contributed by atoms with Crippen LogP contribution in [0.25, 0.3) is 0 Å². The lowest BCUT2D eigenvalue weighted by Crippen LogP contribution is -2.51. The Hall–Kier alpha value is -1.64. The van der Waals surface area contributed by atoms with Crippen LogP contribution in [0, 0.1) is 0 Å². The highest BCUT2D eigenvalue weighted by Gasteiger charge is 2.27. The molecule has 0 bridgehead atoms. The predicted octanol–water partition coefficient (Wildman–Crippen LogP) is 1.98. The molecule has 164 valence electrons. The van der Waals surface area contributed by atoms with Crippen LogP contribution < -0.4 is 10.2 Å². The van der Waals surface area contributed by atoms with E-state index in [0.717, 1.165) is 42.8 Å². The van der Waals surface area contributed by atoms with Gasteiger partial charge in [-0.05, 0) is 37.9 Å². The first-order valence-corrected chi connectivity index (χ1v) is 12.3. The summed E-state index contributed by atoms with van der Waals surface area (Å²) in [5.41, 5.74) is 0.740. The summed E-state index contributed by atoms with van der Waals surface area (Å²) < 4.78 is 0.